The van der Waals surface area contributed by atoms with E-state index in [2.05, 4.69) is 15.0 Å². The number of aromatic nitrogens is 6. The van der Waals surface area contributed by atoms with E-state index in [1.165, 1.54) is 42.0 Å². The summed E-state index contributed by atoms with van der Waals surface area (Å²) in [5.74, 6) is -0.0692. The summed E-state index contributed by atoms with van der Waals surface area (Å²) in [6.07, 6.45) is 4.49. The Labute approximate surface area is 169 Å². The molecule has 1 amide bonds. The van der Waals surface area contributed by atoms with Crippen molar-refractivity contribution in [2.45, 2.75) is 19.1 Å². The van der Waals surface area contributed by atoms with Gasteiger partial charge in [0.25, 0.3) is 11.4 Å². The topological polar surface area (TPSA) is 141 Å². The molecule has 0 aromatic carbocycles. The minimum atomic E-state index is -0.507. The molecule has 0 saturated carbocycles. The average Bonchev–Trinajstić information content (AvgIpc) is 3.38. The zero-order valence-electron chi connectivity index (χ0n) is 16.3. The van der Waals surface area contributed by atoms with Gasteiger partial charge in [0.2, 0.25) is 11.6 Å². The lowest BCUT2D eigenvalue weighted by Gasteiger charge is -2.17. The highest BCUT2D eigenvalue weighted by Crippen LogP contribution is 2.19. The molecule has 0 N–H and O–H groups in total. The van der Waals surface area contributed by atoms with E-state index in [1.807, 2.05) is 6.07 Å². The molecule has 1 unspecified atom stereocenters. The summed E-state index contributed by atoms with van der Waals surface area (Å²) in [6, 6.07) is 1.92. The first-order valence-corrected chi connectivity index (χ1v) is 9.17. The van der Waals surface area contributed by atoms with Crippen molar-refractivity contribution < 1.29 is 9.53 Å². The Morgan fingerprint density at radius 1 is 1.23 bits per heavy atom. The van der Waals surface area contributed by atoms with Gasteiger partial charge >= 0.3 is 5.69 Å². The molecule has 12 heteroatoms. The van der Waals surface area contributed by atoms with Gasteiger partial charge in [0.1, 0.15) is 18.7 Å². The average molecular weight is 410 g/mol. The Kier molecular flexibility index (Phi) is 4.78. The third-order valence-corrected chi connectivity index (χ3v) is 5.07. The zero-order valence-corrected chi connectivity index (χ0v) is 16.3. The quantitative estimate of drug-likeness (QED) is 0.521. The number of carbonyl (C=O) groups excluding carboxylic acids is 1. The summed E-state index contributed by atoms with van der Waals surface area (Å²) in [7, 11) is 2.90. The van der Waals surface area contributed by atoms with Crippen LogP contribution in [-0.2, 0) is 25.4 Å². The molecule has 1 saturated heterocycles. The summed E-state index contributed by atoms with van der Waals surface area (Å²) >= 11 is 0. The first-order chi connectivity index (χ1) is 14.4. The fourth-order valence-electron chi connectivity index (χ4n) is 3.46. The molecule has 1 fully saturated rings. The molecule has 0 bridgehead atoms. The predicted octanol–water partition coefficient (Wildman–Crippen LogP) is -1.22. The number of nitriles is 1. The molecule has 12 nitrogen and oxygen atoms in total. The third kappa shape index (κ3) is 3.20. The van der Waals surface area contributed by atoms with Gasteiger partial charge in [-0.25, -0.2) is 19.7 Å². The minimum absolute atomic E-state index is 0.0913. The van der Waals surface area contributed by atoms with Gasteiger partial charge in [0.15, 0.2) is 11.2 Å². The number of carbonyl (C=O) groups is 1. The number of likely N-dealkylation sites (tertiary alicyclic amines) is 1. The van der Waals surface area contributed by atoms with Crippen molar-refractivity contribution in [2.75, 3.05) is 13.1 Å². The number of imidazole rings is 1. The zero-order chi connectivity index (χ0) is 21.4. The van der Waals surface area contributed by atoms with Gasteiger partial charge < -0.3 is 14.2 Å². The van der Waals surface area contributed by atoms with E-state index in [9.17, 15) is 14.4 Å². The van der Waals surface area contributed by atoms with Crippen molar-refractivity contribution in [3.63, 3.8) is 0 Å². The van der Waals surface area contributed by atoms with Crippen molar-refractivity contribution in [2.24, 2.45) is 14.1 Å². The highest BCUT2D eigenvalue weighted by molar-refractivity contribution is 5.79. The molecule has 1 aliphatic rings. The van der Waals surface area contributed by atoms with Crippen molar-refractivity contribution in [1.82, 2.24) is 33.6 Å². The number of hydrogen-bond acceptors (Lipinski definition) is 8. The molecule has 3 aromatic rings. The maximum Gasteiger partial charge on any atom is 0.332 e. The third-order valence-electron chi connectivity index (χ3n) is 5.07. The van der Waals surface area contributed by atoms with Crippen LogP contribution in [0.1, 0.15) is 12.1 Å². The van der Waals surface area contributed by atoms with Crippen LogP contribution in [0.25, 0.3) is 11.2 Å². The van der Waals surface area contributed by atoms with Crippen LogP contribution in [-0.4, -0.2) is 58.7 Å². The highest BCUT2D eigenvalue weighted by Gasteiger charge is 2.29. The van der Waals surface area contributed by atoms with E-state index in [4.69, 9.17) is 10.00 Å². The second kappa shape index (κ2) is 7.43. The van der Waals surface area contributed by atoms with Crippen LogP contribution in [0.15, 0.2) is 28.3 Å². The van der Waals surface area contributed by atoms with Crippen molar-refractivity contribution in [1.29, 1.82) is 5.26 Å². The van der Waals surface area contributed by atoms with Crippen LogP contribution in [0.5, 0.6) is 5.88 Å². The number of aryl methyl sites for hydroxylation is 1. The number of fused-ring (bicyclic) bond motifs is 1. The van der Waals surface area contributed by atoms with Gasteiger partial charge in [-0.15, -0.1) is 0 Å². The molecule has 1 atom stereocenters. The molecule has 3 aromatic heterocycles. The minimum Gasteiger partial charge on any atom is -0.470 e. The molecule has 0 radical (unpaired) electrons. The maximum atomic E-state index is 12.8. The van der Waals surface area contributed by atoms with Crippen molar-refractivity contribution in [3.8, 4) is 11.9 Å². The molecule has 30 heavy (non-hydrogen) atoms. The summed E-state index contributed by atoms with van der Waals surface area (Å²) < 4.78 is 9.45. The molecule has 154 valence electrons. The number of rotatable bonds is 4. The Morgan fingerprint density at radius 3 is 2.77 bits per heavy atom. The van der Waals surface area contributed by atoms with Crippen LogP contribution in [0.4, 0.5) is 0 Å². The van der Waals surface area contributed by atoms with E-state index in [0.717, 1.165) is 4.57 Å². The molecule has 0 spiro atoms. The van der Waals surface area contributed by atoms with E-state index in [0.29, 0.717) is 19.5 Å². The molecular weight excluding hydrogens is 392 g/mol. The molecule has 1 aliphatic heterocycles. The van der Waals surface area contributed by atoms with Gasteiger partial charge in [-0.3, -0.25) is 18.7 Å². The molecule has 4 rings (SSSR count). The monoisotopic (exact) mass is 410 g/mol. The second-order valence-electron chi connectivity index (χ2n) is 6.94. The lowest BCUT2D eigenvalue weighted by Crippen LogP contribution is -2.38. The molecule has 4 heterocycles. The number of hydrogen-bond donors (Lipinski definition) is 0. The van der Waals surface area contributed by atoms with Gasteiger partial charge in [0, 0.05) is 39.5 Å². The van der Waals surface area contributed by atoms with Crippen LogP contribution < -0.4 is 16.0 Å². The first-order valence-electron chi connectivity index (χ1n) is 9.17. The number of ether oxygens (including phenoxy) is 1. The lowest BCUT2D eigenvalue weighted by molar-refractivity contribution is -0.131. The van der Waals surface area contributed by atoms with E-state index < -0.39 is 11.2 Å². The van der Waals surface area contributed by atoms with Gasteiger partial charge in [-0.1, -0.05) is 0 Å². The summed E-state index contributed by atoms with van der Waals surface area (Å²) in [6.45, 7) is 0.698. The first kappa shape index (κ1) is 19.3. The largest absolute Gasteiger partial charge is 0.470 e. The summed E-state index contributed by atoms with van der Waals surface area (Å²) in [4.78, 5) is 51.0. The second-order valence-corrected chi connectivity index (χ2v) is 6.94. The summed E-state index contributed by atoms with van der Waals surface area (Å²) in [5.41, 5.74) is -0.478. The van der Waals surface area contributed by atoms with Gasteiger partial charge in [0.05, 0.1) is 12.9 Å². The predicted molar refractivity (Wildman–Crippen MR) is 103 cm³/mol. The van der Waals surface area contributed by atoms with Crippen LogP contribution in [0.2, 0.25) is 0 Å². The smallest absolute Gasteiger partial charge is 0.332 e. The highest BCUT2D eigenvalue weighted by atomic mass is 16.5. The lowest BCUT2D eigenvalue weighted by atomic mass is 10.3. The molecular formula is C18H18N8O4. The standard InChI is InChI=1S/C18H18N8O4/c1-23-15-14(17(28)24(2)18(23)29)26(10-22-15)9-13(27)25-6-3-11(8-25)30-16-12(7-19)20-4-5-21-16/h4-5,10-11H,3,6,8-9H2,1-2H3. The van der Waals surface area contributed by atoms with E-state index in [1.54, 1.807) is 4.90 Å². The molecule has 0 aliphatic carbocycles. The van der Waals surface area contributed by atoms with Crippen molar-refractivity contribution in [3.05, 3.63) is 45.3 Å². The summed E-state index contributed by atoms with van der Waals surface area (Å²) in [5, 5.41) is 9.09. The SMILES string of the molecule is Cn1c(=O)c2c(ncn2CC(=O)N2CCC(Oc3nccnc3C#N)C2)n(C)c1=O. The Hall–Kier alpha value is -4.01. The Morgan fingerprint density at radius 2 is 2.00 bits per heavy atom. The van der Waals surface area contributed by atoms with E-state index in [-0.39, 0.29) is 41.3 Å². The van der Waals surface area contributed by atoms with Gasteiger partial charge in [-0.05, 0) is 0 Å². The fourth-order valence-corrected chi connectivity index (χ4v) is 3.46. The Bertz CT molecular complexity index is 1300. The van der Waals surface area contributed by atoms with Crippen LogP contribution in [0, 0.1) is 11.3 Å². The fraction of sp³-hybridized carbons (Fsp3) is 0.389. The van der Waals surface area contributed by atoms with Crippen LogP contribution in [0.3, 0.4) is 0 Å². The van der Waals surface area contributed by atoms with Crippen molar-refractivity contribution >= 4 is 17.1 Å². The normalized spacial score (nSPS) is 16.0. The number of amides is 1. The van der Waals surface area contributed by atoms with E-state index >= 15 is 0 Å². The van der Waals surface area contributed by atoms with Gasteiger partial charge in [-0.2, -0.15) is 5.26 Å². The maximum absolute atomic E-state index is 12.8. The van der Waals surface area contributed by atoms with Crippen LogP contribution >= 0.6 is 0 Å². The number of nitrogens with zero attached hydrogens (tertiary/aromatic N) is 8. The Balaban J connectivity index is 1.50.